The molecule has 0 saturated carbocycles. The highest BCUT2D eigenvalue weighted by Crippen LogP contribution is 2.41. The second-order valence-corrected chi connectivity index (χ2v) is 3.32. The van der Waals surface area contributed by atoms with Crippen LogP contribution in [0.25, 0.3) is 0 Å². The van der Waals surface area contributed by atoms with Gasteiger partial charge in [0.1, 0.15) is 0 Å². The summed E-state index contributed by atoms with van der Waals surface area (Å²) in [7, 11) is 0. The maximum absolute atomic E-state index is 9.51. The maximum atomic E-state index is 9.51. The molecule has 0 amide bonds. The van der Waals surface area contributed by atoms with Crippen LogP contribution in [-0.4, -0.2) is 11.9 Å². The molecule has 1 aromatic rings. The van der Waals surface area contributed by atoms with Crippen molar-refractivity contribution in [3.63, 3.8) is 0 Å². The van der Waals surface area contributed by atoms with E-state index in [1.54, 1.807) is 12.1 Å². The first-order valence-corrected chi connectivity index (χ1v) is 4.50. The first-order chi connectivity index (χ1) is 6.72. The van der Waals surface area contributed by atoms with E-state index in [4.69, 9.17) is 21.1 Å². The molecule has 1 aromatic carbocycles. The topological polar surface area (TPSA) is 38.7 Å². The standard InChI is InChI=1S/C10H9ClO3/c1-2-8(12)6-3-7(11)10-9(4-6)13-5-14-10/h2-4,8,12H,1,5H2. The summed E-state index contributed by atoms with van der Waals surface area (Å²) in [4.78, 5) is 0. The van der Waals surface area contributed by atoms with E-state index in [1.165, 1.54) is 6.08 Å². The van der Waals surface area contributed by atoms with Crippen LogP contribution >= 0.6 is 11.6 Å². The molecule has 1 atom stereocenters. The van der Waals surface area contributed by atoms with Gasteiger partial charge in [-0.2, -0.15) is 0 Å². The molecule has 1 aliphatic heterocycles. The van der Waals surface area contributed by atoms with Crippen molar-refractivity contribution in [1.29, 1.82) is 0 Å². The first-order valence-electron chi connectivity index (χ1n) is 4.12. The Morgan fingerprint density at radius 3 is 3.00 bits per heavy atom. The summed E-state index contributed by atoms with van der Waals surface area (Å²) in [6, 6.07) is 3.34. The van der Waals surface area contributed by atoms with Crippen LogP contribution in [0, 0.1) is 0 Å². The molecule has 1 unspecified atom stereocenters. The fourth-order valence-corrected chi connectivity index (χ4v) is 1.57. The summed E-state index contributed by atoms with van der Waals surface area (Å²) in [6.07, 6.45) is 0.690. The average Bonchev–Trinajstić information content (AvgIpc) is 2.64. The van der Waals surface area contributed by atoms with Gasteiger partial charge in [0.05, 0.1) is 11.1 Å². The number of halogens is 1. The number of aliphatic hydroxyl groups excluding tert-OH is 1. The predicted molar refractivity (Wildman–Crippen MR) is 52.7 cm³/mol. The second kappa shape index (κ2) is 3.52. The van der Waals surface area contributed by atoms with Gasteiger partial charge >= 0.3 is 0 Å². The second-order valence-electron chi connectivity index (χ2n) is 2.92. The van der Waals surface area contributed by atoms with Crippen LogP contribution in [0.1, 0.15) is 11.7 Å². The van der Waals surface area contributed by atoms with Gasteiger partial charge in [-0.15, -0.1) is 6.58 Å². The summed E-state index contributed by atoms with van der Waals surface area (Å²) in [5.41, 5.74) is 0.647. The lowest BCUT2D eigenvalue weighted by Gasteiger charge is -2.07. The number of hydrogen-bond acceptors (Lipinski definition) is 3. The summed E-state index contributed by atoms with van der Waals surface area (Å²) in [5, 5.41) is 9.95. The van der Waals surface area contributed by atoms with Gasteiger partial charge in [-0.05, 0) is 17.7 Å². The van der Waals surface area contributed by atoms with Gasteiger partial charge in [-0.3, -0.25) is 0 Å². The molecule has 2 rings (SSSR count). The number of rotatable bonds is 2. The minimum Gasteiger partial charge on any atom is -0.454 e. The largest absolute Gasteiger partial charge is 0.454 e. The van der Waals surface area contributed by atoms with Crippen LogP contribution in [0.3, 0.4) is 0 Å². The lowest BCUT2D eigenvalue weighted by atomic mass is 10.1. The van der Waals surface area contributed by atoms with E-state index in [0.717, 1.165) is 0 Å². The molecule has 0 fully saturated rings. The minimum atomic E-state index is -0.734. The van der Waals surface area contributed by atoms with Crippen molar-refractivity contribution in [3.8, 4) is 11.5 Å². The van der Waals surface area contributed by atoms with Crippen molar-refractivity contribution in [2.24, 2.45) is 0 Å². The lowest BCUT2D eigenvalue weighted by Crippen LogP contribution is -1.93. The van der Waals surface area contributed by atoms with Gasteiger partial charge in [0, 0.05) is 0 Å². The zero-order valence-electron chi connectivity index (χ0n) is 7.37. The summed E-state index contributed by atoms with van der Waals surface area (Å²) in [6.45, 7) is 3.66. The van der Waals surface area contributed by atoms with Gasteiger partial charge in [-0.25, -0.2) is 0 Å². The Hall–Kier alpha value is -1.19. The molecule has 0 spiro atoms. The van der Waals surface area contributed by atoms with Gasteiger partial charge in [0.15, 0.2) is 11.5 Å². The van der Waals surface area contributed by atoms with Crippen LogP contribution in [-0.2, 0) is 0 Å². The molecule has 0 saturated heterocycles. The minimum absolute atomic E-state index is 0.169. The molecule has 0 aromatic heterocycles. The molecule has 3 nitrogen and oxygen atoms in total. The van der Waals surface area contributed by atoms with Crippen LogP contribution in [0.5, 0.6) is 11.5 Å². The highest BCUT2D eigenvalue weighted by atomic mass is 35.5. The SMILES string of the molecule is C=CC(O)c1cc(Cl)c2c(c1)OCO2. The average molecular weight is 213 g/mol. The molecule has 0 bridgehead atoms. The number of benzene rings is 1. The van der Waals surface area contributed by atoms with Crippen molar-refractivity contribution in [2.75, 3.05) is 6.79 Å². The normalized spacial score (nSPS) is 15.3. The van der Waals surface area contributed by atoms with E-state index >= 15 is 0 Å². The highest BCUT2D eigenvalue weighted by Gasteiger charge is 2.19. The highest BCUT2D eigenvalue weighted by molar-refractivity contribution is 6.32. The van der Waals surface area contributed by atoms with E-state index in [0.29, 0.717) is 22.1 Å². The van der Waals surface area contributed by atoms with Crippen molar-refractivity contribution >= 4 is 11.6 Å². The van der Waals surface area contributed by atoms with E-state index in [9.17, 15) is 5.11 Å². The van der Waals surface area contributed by atoms with E-state index < -0.39 is 6.10 Å². The van der Waals surface area contributed by atoms with E-state index in [1.807, 2.05) is 0 Å². The predicted octanol–water partition coefficient (Wildman–Crippen LogP) is 2.29. The molecule has 14 heavy (non-hydrogen) atoms. The third-order valence-corrected chi connectivity index (χ3v) is 2.30. The van der Waals surface area contributed by atoms with Crippen LogP contribution < -0.4 is 9.47 Å². The Bertz CT molecular complexity index is 376. The molecule has 4 heteroatoms. The van der Waals surface area contributed by atoms with E-state index in [-0.39, 0.29) is 6.79 Å². The van der Waals surface area contributed by atoms with Crippen LogP contribution in [0.2, 0.25) is 5.02 Å². The molecule has 0 aliphatic carbocycles. The number of aliphatic hydroxyl groups is 1. The molecule has 1 N–H and O–H groups in total. The number of ether oxygens (including phenoxy) is 2. The van der Waals surface area contributed by atoms with E-state index in [2.05, 4.69) is 6.58 Å². The van der Waals surface area contributed by atoms with Gasteiger partial charge in [-0.1, -0.05) is 17.7 Å². The Morgan fingerprint density at radius 1 is 1.50 bits per heavy atom. The molecule has 0 radical (unpaired) electrons. The van der Waals surface area contributed by atoms with Crippen molar-refractivity contribution < 1.29 is 14.6 Å². The summed E-state index contributed by atoms with van der Waals surface area (Å²) in [5.74, 6) is 1.10. The fourth-order valence-electron chi connectivity index (χ4n) is 1.29. The maximum Gasteiger partial charge on any atom is 0.231 e. The van der Waals surface area contributed by atoms with Crippen LogP contribution in [0.15, 0.2) is 24.8 Å². The number of fused-ring (bicyclic) bond motifs is 1. The third-order valence-electron chi connectivity index (χ3n) is 2.01. The monoisotopic (exact) mass is 212 g/mol. The Morgan fingerprint density at radius 2 is 2.29 bits per heavy atom. The Labute approximate surface area is 86.5 Å². The quantitative estimate of drug-likeness (QED) is 0.765. The van der Waals surface area contributed by atoms with Gasteiger partial charge in [0.2, 0.25) is 6.79 Å². The number of hydrogen-bond donors (Lipinski definition) is 1. The van der Waals surface area contributed by atoms with Crippen molar-refractivity contribution in [1.82, 2.24) is 0 Å². The molecule has 1 heterocycles. The van der Waals surface area contributed by atoms with Gasteiger partial charge < -0.3 is 14.6 Å². The molecule has 74 valence electrons. The zero-order chi connectivity index (χ0) is 10.1. The zero-order valence-corrected chi connectivity index (χ0v) is 8.12. The Balaban J connectivity index is 2.46. The summed E-state index contributed by atoms with van der Waals surface area (Å²) >= 11 is 5.93. The Kier molecular flexibility index (Phi) is 2.35. The lowest BCUT2D eigenvalue weighted by molar-refractivity contribution is 0.173. The van der Waals surface area contributed by atoms with Crippen molar-refractivity contribution in [2.45, 2.75) is 6.10 Å². The van der Waals surface area contributed by atoms with Gasteiger partial charge in [0.25, 0.3) is 0 Å². The first kappa shape index (κ1) is 9.37. The fraction of sp³-hybridized carbons (Fsp3) is 0.200. The molecule has 1 aliphatic rings. The smallest absolute Gasteiger partial charge is 0.231 e. The van der Waals surface area contributed by atoms with Crippen LogP contribution in [0.4, 0.5) is 0 Å². The molecular formula is C10H9ClO3. The summed E-state index contributed by atoms with van der Waals surface area (Å²) < 4.78 is 10.3. The third kappa shape index (κ3) is 1.45. The molecular weight excluding hydrogens is 204 g/mol. The van der Waals surface area contributed by atoms with Crippen molar-refractivity contribution in [3.05, 3.63) is 35.4 Å².